The van der Waals surface area contributed by atoms with Crippen LogP contribution in [0, 0.1) is 0 Å². The van der Waals surface area contributed by atoms with E-state index in [9.17, 15) is 0 Å². The summed E-state index contributed by atoms with van der Waals surface area (Å²) in [5.41, 5.74) is 3.47. The maximum absolute atomic E-state index is 5.30. The van der Waals surface area contributed by atoms with Crippen LogP contribution in [0.4, 0.5) is 5.69 Å². The second-order valence-electron chi connectivity index (χ2n) is 2.83. The van der Waals surface area contributed by atoms with Crippen molar-refractivity contribution in [2.45, 2.75) is 6.61 Å². The van der Waals surface area contributed by atoms with Gasteiger partial charge in [0, 0.05) is 23.9 Å². The van der Waals surface area contributed by atoms with Gasteiger partial charge in [-0.05, 0) is 18.2 Å². The van der Waals surface area contributed by atoms with Crippen molar-refractivity contribution in [2.24, 2.45) is 0 Å². The van der Waals surface area contributed by atoms with Crippen LogP contribution in [0.1, 0.15) is 11.1 Å². The average molecular weight is 161 g/mol. The van der Waals surface area contributed by atoms with E-state index >= 15 is 0 Å². The van der Waals surface area contributed by atoms with Crippen LogP contribution in [0.2, 0.25) is 0 Å². The van der Waals surface area contributed by atoms with E-state index in [0.29, 0.717) is 6.61 Å². The molecule has 0 amide bonds. The van der Waals surface area contributed by atoms with E-state index in [4.69, 9.17) is 4.74 Å². The van der Waals surface area contributed by atoms with Gasteiger partial charge in [0.1, 0.15) is 12.4 Å². The largest absolute Gasteiger partial charge is 0.489 e. The zero-order valence-corrected chi connectivity index (χ0v) is 7.05. The third-order valence-electron chi connectivity index (χ3n) is 2.10. The topological polar surface area (TPSA) is 21.3 Å². The second-order valence-corrected chi connectivity index (χ2v) is 2.83. The fourth-order valence-corrected chi connectivity index (χ4v) is 1.38. The molecule has 62 valence electrons. The third kappa shape index (κ3) is 0.961. The van der Waals surface area contributed by atoms with Gasteiger partial charge in [0.25, 0.3) is 0 Å². The smallest absolute Gasteiger partial charge is 0.120 e. The van der Waals surface area contributed by atoms with E-state index in [1.165, 1.54) is 5.56 Å². The standard InChI is InChI=1S/C10H11NO/c1-7-10-4-3-9(11-2)5-8(10)6-12-7/h3-5,11H,1,6H2,2H3. The van der Waals surface area contributed by atoms with Gasteiger partial charge in [-0.25, -0.2) is 0 Å². The molecule has 2 rings (SSSR count). The molecule has 1 aliphatic rings. The summed E-state index contributed by atoms with van der Waals surface area (Å²) in [6.07, 6.45) is 0. The van der Waals surface area contributed by atoms with Crippen molar-refractivity contribution in [1.29, 1.82) is 0 Å². The molecule has 1 aromatic carbocycles. The summed E-state index contributed by atoms with van der Waals surface area (Å²) in [4.78, 5) is 0. The lowest BCUT2D eigenvalue weighted by molar-refractivity contribution is 0.286. The van der Waals surface area contributed by atoms with Gasteiger partial charge in [0.2, 0.25) is 0 Å². The quantitative estimate of drug-likeness (QED) is 0.682. The normalized spacial score (nSPS) is 13.9. The van der Waals surface area contributed by atoms with Gasteiger partial charge in [-0.3, -0.25) is 0 Å². The zero-order valence-electron chi connectivity index (χ0n) is 7.05. The Labute approximate surface area is 71.9 Å². The highest BCUT2D eigenvalue weighted by molar-refractivity contribution is 5.67. The fourth-order valence-electron chi connectivity index (χ4n) is 1.38. The van der Waals surface area contributed by atoms with E-state index in [-0.39, 0.29) is 0 Å². The van der Waals surface area contributed by atoms with Gasteiger partial charge < -0.3 is 10.1 Å². The van der Waals surface area contributed by atoms with Gasteiger partial charge in [-0.15, -0.1) is 0 Å². The van der Waals surface area contributed by atoms with Gasteiger partial charge in [-0.2, -0.15) is 0 Å². The first-order valence-electron chi connectivity index (χ1n) is 3.94. The van der Waals surface area contributed by atoms with Gasteiger partial charge >= 0.3 is 0 Å². The van der Waals surface area contributed by atoms with Gasteiger partial charge in [-0.1, -0.05) is 6.58 Å². The number of nitrogens with one attached hydrogen (secondary N) is 1. The number of benzene rings is 1. The molecule has 12 heavy (non-hydrogen) atoms. The van der Waals surface area contributed by atoms with E-state index in [2.05, 4.69) is 18.0 Å². The number of fused-ring (bicyclic) bond motifs is 1. The summed E-state index contributed by atoms with van der Waals surface area (Å²) in [5.74, 6) is 0.785. The number of rotatable bonds is 1. The molecule has 1 aliphatic heterocycles. The predicted molar refractivity (Wildman–Crippen MR) is 49.8 cm³/mol. The van der Waals surface area contributed by atoms with Crippen LogP contribution in [0.15, 0.2) is 24.8 Å². The average Bonchev–Trinajstić information content (AvgIpc) is 2.47. The van der Waals surface area contributed by atoms with Crippen LogP contribution in [0.5, 0.6) is 0 Å². The molecule has 0 saturated carbocycles. The van der Waals surface area contributed by atoms with E-state index < -0.39 is 0 Å². The Hall–Kier alpha value is -1.44. The summed E-state index contributed by atoms with van der Waals surface area (Å²) < 4.78 is 5.30. The minimum atomic E-state index is 0.656. The SMILES string of the molecule is C=C1OCc2cc(NC)ccc21. The monoisotopic (exact) mass is 161 g/mol. The molecule has 1 N–H and O–H groups in total. The van der Waals surface area contributed by atoms with Crippen molar-refractivity contribution in [3.8, 4) is 0 Å². The highest BCUT2D eigenvalue weighted by Gasteiger charge is 2.15. The maximum atomic E-state index is 5.30. The summed E-state index contributed by atoms with van der Waals surface area (Å²) in [6, 6.07) is 6.16. The molecule has 0 aromatic heterocycles. The zero-order chi connectivity index (χ0) is 8.55. The van der Waals surface area contributed by atoms with Crippen molar-refractivity contribution >= 4 is 11.4 Å². The molecule has 0 aliphatic carbocycles. The van der Waals surface area contributed by atoms with E-state index in [1.807, 2.05) is 19.2 Å². The Balaban J connectivity index is 2.48. The van der Waals surface area contributed by atoms with E-state index in [1.54, 1.807) is 0 Å². The Morgan fingerprint density at radius 2 is 2.33 bits per heavy atom. The first kappa shape index (κ1) is 7.22. The molecular formula is C10H11NO. The van der Waals surface area contributed by atoms with Gasteiger partial charge in [0.05, 0.1) is 0 Å². The summed E-state index contributed by atoms with van der Waals surface area (Å²) in [5, 5.41) is 3.09. The summed E-state index contributed by atoms with van der Waals surface area (Å²) >= 11 is 0. The molecule has 0 bridgehead atoms. The Bertz CT molecular complexity index is 331. The number of anilines is 1. The van der Waals surface area contributed by atoms with Crippen LogP contribution >= 0.6 is 0 Å². The highest BCUT2D eigenvalue weighted by atomic mass is 16.5. The van der Waals surface area contributed by atoms with Crippen LogP contribution in [-0.2, 0) is 11.3 Å². The van der Waals surface area contributed by atoms with Crippen LogP contribution in [0.25, 0.3) is 5.76 Å². The number of hydrogen-bond acceptors (Lipinski definition) is 2. The fraction of sp³-hybridized carbons (Fsp3) is 0.200. The van der Waals surface area contributed by atoms with Gasteiger partial charge in [0.15, 0.2) is 0 Å². The highest BCUT2D eigenvalue weighted by Crippen LogP contribution is 2.29. The molecule has 0 fully saturated rings. The summed E-state index contributed by atoms with van der Waals surface area (Å²) in [7, 11) is 1.91. The second kappa shape index (κ2) is 2.55. The predicted octanol–water partition coefficient (Wildman–Crippen LogP) is 2.23. The summed E-state index contributed by atoms with van der Waals surface area (Å²) in [6.45, 7) is 4.46. The molecule has 0 unspecified atom stereocenters. The van der Waals surface area contributed by atoms with Crippen molar-refractivity contribution in [3.05, 3.63) is 35.9 Å². The molecule has 0 radical (unpaired) electrons. The number of ether oxygens (including phenoxy) is 1. The van der Waals surface area contributed by atoms with E-state index in [0.717, 1.165) is 17.0 Å². The minimum absolute atomic E-state index is 0.656. The van der Waals surface area contributed by atoms with Crippen LogP contribution in [-0.4, -0.2) is 7.05 Å². The molecule has 0 atom stereocenters. The lowest BCUT2D eigenvalue weighted by Crippen LogP contribution is -1.89. The van der Waals surface area contributed by atoms with Crippen LogP contribution in [0.3, 0.4) is 0 Å². The first-order valence-corrected chi connectivity index (χ1v) is 3.94. The Morgan fingerprint density at radius 3 is 3.08 bits per heavy atom. The third-order valence-corrected chi connectivity index (χ3v) is 2.10. The number of hydrogen-bond donors (Lipinski definition) is 1. The first-order chi connectivity index (χ1) is 5.81. The van der Waals surface area contributed by atoms with Crippen molar-refractivity contribution in [3.63, 3.8) is 0 Å². The maximum Gasteiger partial charge on any atom is 0.120 e. The van der Waals surface area contributed by atoms with Crippen molar-refractivity contribution < 1.29 is 4.74 Å². The Morgan fingerprint density at radius 1 is 1.50 bits per heavy atom. The Kier molecular flexibility index (Phi) is 1.54. The molecule has 2 nitrogen and oxygen atoms in total. The lowest BCUT2D eigenvalue weighted by atomic mass is 10.1. The van der Waals surface area contributed by atoms with Crippen LogP contribution < -0.4 is 5.32 Å². The molecule has 1 aromatic rings. The minimum Gasteiger partial charge on any atom is -0.489 e. The molecular weight excluding hydrogens is 150 g/mol. The molecule has 0 spiro atoms. The molecule has 1 heterocycles. The van der Waals surface area contributed by atoms with Crippen molar-refractivity contribution in [2.75, 3.05) is 12.4 Å². The molecule has 0 saturated heterocycles. The lowest BCUT2D eigenvalue weighted by Gasteiger charge is -2.01. The van der Waals surface area contributed by atoms with Crippen molar-refractivity contribution in [1.82, 2.24) is 0 Å². The molecule has 2 heteroatoms.